The van der Waals surface area contributed by atoms with Crippen LogP contribution in [0.25, 0.3) is 0 Å². The van der Waals surface area contributed by atoms with Crippen molar-refractivity contribution in [1.82, 2.24) is 14.8 Å². The highest BCUT2D eigenvalue weighted by Crippen LogP contribution is 2.35. The molecule has 0 radical (unpaired) electrons. The third kappa shape index (κ3) is 3.74. The third-order valence-corrected chi connectivity index (χ3v) is 4.56. The Morgan fingerprint density at radius 1 is 1.19 bits per heavy atom. The Morgan fingerprint density at radius 3 is 2.85 bits per heavy atom. The summed E-state index contributed by atoms with van der Waals surface area (Å²) in [4.78, 5) is 16.4. The van der Waals surface area contributed by atoms with E-state index in [9.17, 15) is 4.79 Å². The molecule has 1 aliphatic heterocycles. The number of anilines is 1. The zero-order chi connectivity index (χ0) is 17.8. The number of rotatable bonds is 5. The highest BCUT2D eigenvalue weighted by Gasteiger charge is 2.23. The van der Waals surface area contributed by atoms with Crippen LogP contribution in [0.1, 0.15) is 29.9 Å². The van der Waals surface area contributed by atoms with Gasteiger partial charge in [-0.3, -0.25) is 4.79 Å². The minimum absolute atomic E-state index is 0.0238. The van der Waals surface area contributed by atoms with E-state index in [4.69, 9.17) is 4.74 Å². The van der Waals surface area contributed by atoms with Gasteiger partial charge in [0, 0.05) is 12.1 Å². The summed E-state index contributed by atoms with van der Waals surface area (Å²) >= 11 is 0. The van der Waals surface area contributed by atoms with Gasteiger partial charge in [-0.1, -0.05) is 30.3 Å². The van der Waals surface area contributed by atoms with E-state index in [1.807, 2.05) is 48.5 Å². The van der Waals surface area contributed by atoms with Crippen molar-refractivity contribution in [3.8, 4) is 5.75 Å². The first-order chi connectivity index (χ1) is 12.8. The molecule has 6 heteroatoms. The topological polar surface area (TPSA) is 69.0 Å². The number of aromatic nitrogens is 3. The molecule has 1 aromatic heterocycles. The van der Waals surface area contributed by atoms with Crippen LogP contribution in [0.3, 0.4) is 0 Å². The van der Waals surface area contributed by atoms with Crippen molar-refractivity contribution in [2.24, 2.45) is 0 Å². The summed E-state index contributed by atoms with van der Waals surface area (Å²) in [5, 5.41) is 7.08. The lowest BCUT2D eigenvalue weighted by Crippen LogP contribution is -2.20. The van der Waals surface area contributed by atoms with Gasteiger partial charge in [0.15, 0.2) is 0 Å². The van der Waals surface area contributed by atoms with E-state index in [1.165, 1.54) is 6.33 Å². The molecule has 0 unspecified atom stereocenters. The Balaban J connectivity index is 1.36. The fraction of sp³-hybridized carbons (Fsp3) is 0.250. The maximum Gasteiger partial charge on any atom is 0.224 e. The highest BCUT2D eigenvalue weighted by molar-refractivity contribution is 5.91. The largest absolute Gasteiger partial charge is 0.493 e. The average molecular weight is 348 g/mol. The summed E-state index contributed by atoms with van der Waals surface area (Å²) in [6, 6.07) is 15.8. The van der Waals surface area contributed by atoms with Crippen LogP contribution >= 0.6 is 0 Å². The van der Waals surface area contributed by atoms with Gasteiger partial charge in [0.2, 0.25) is 5.91 Å². The first-order valence-corrected chi connectivity index (χ1v) is 8.71. The minimum atomic E-state index is 0.0238. The van der Waals surface area contributed by atoms with Crippen molar-refractivity contribution in [3.63, 3.8) is 0 Å². The molecule has 0 saturated heterocycles. The summed E-state index contributed by atoms with van der Waals surface area (Å²) in [5.41, 5.74) is 3.03. The van der Waals surface area contributed by atoms with Crippen molar-refractivity contribution in [2.75, 3.05) is 11.9 Å². The van der Waals surface area contributed by atoms with Crippen LogP contribution in [-0.4, -0.2) is 27.3 Å². The number of carbonyl (C=O) groups is 1. The summed E-state index contributed by atoms with van der Waals surface area (Å²) < 4.78 is 7.43. The van der Waals surface area contributed by atoms with Crippen LogP contribution < -0.4 is 10.1 Å². The van der Waals surface area contributed by atoms with Crippen LogP contribution in [0.2, 0.25) is 0 Å². The Hall–Kier alpha value is -3.15. The molecule has 3 aromatic rings. The van der Waals surface area contributed by atoms with E-state index in [0.717, 1.165) is 29.0 Å². The van der Waals surface area contributed by atoms with Crippen molar-refractivity contribution >= 4 is 11.6 Å². The highest BCUT2D eigenvalue weighted by atomic mass is 16.5. The van der Waals surface area contributed by atoms with E-state index < -0.39 is 0 Å². The van der Waals surface area contributed by atoms with Crippen LogP contribution in [0.4, 0.5) is 5.69 Å². The molecular weight excluding hydrogens is 328 g/mol. The van der Waals surface area contributed by atoms with Gasteiger partial charge in [-0.2, -0.15) is 5.10 Å². The van der Waals surface area contributed by atoms with Gasteiger partial charge in [0.25, 0.3) is 0 Å². The Morgan fingerprint density at radius 2 is 2.04 bits per heavy atom. The summed E-state index contributed by atoms with van der Waals surface area (Å²) in [6.45, 7) is 1.32. The van der Waals surface area contributed by atoms with E-state index in [1.54, 1.807) is 11.0 Å². The summed E-state index contributed by atoms with van der Waals surface area (Å²) in [6.07, 6.45) is 4.52. The number of hydrogen-bond donors (Lipinski definition) is 1. The molecule has 2 aromatic carbocycles. The van der Waals surface area contributed by atoms with Gasteiger partial charge >= 0.3 is 0 Å². The van der Waals surface area contributed by atoms with Gasteiger partial charge in [-0.15, -0.1) is 0 Å². The molecule has 6 nitrogen and oxygen atoms in total. The number of carbonyl (C=O) groups excluding carboxylic acids is 1. The number of benzene rings is 2. The number of hydrogen-bond acceptors (Lipinski definition) is 4. The lowest BCUT2D eigenvalue weighted by Gasteiger charge is -2.25. The van der Waals surface area contributed by atoms with Crippen molar-refractivity contribution < 1.29 is 9.53 Å². The van der Waals surface area contributed by atoms with Gasteiger partial charge in [0.05, 0.1) is 13.2 Å². The first kappa shape index (κ1) is 16.3. The molecule has 0 bridgehead atoms. The molecule has 2 heterocycles. The molecule has 1 amide bonds. The van der Waals surface area contributed by atoms with Crippen molar-refractivity contribution in [2.45, 2.75) is 25.3 Å². The molecule has 1 aliphatic rings. The van der Waals surface area contributed by atoms with E-state index in [-0.39, 0.29) is 11.8 Å². The molecule has 0 saturated carbocycles. The predicted octanol–water partition coefficient (Wildman–Crippen LogP) is 3.22. The molecule has 0 aliphatic carbocycles. The Bertz CT molecular complexity index is 875. The standard InChI is InChI=1S/C20H20N4O2/c25-20(11-16-9-10-26-19-4-2-1-3-18(16)19)23-17-7-5-15(6-8-17)12-24-14-21-13-22-24/h1-8,13-14,16H,9-12H2,(H,23,25)/t16-/m1/s1. The third-order valence-electron chi connectivity index (χ3n) is 4.56. The summed E-state index contributed by atoms with van der Waals surface area (Å²) in [7, 11) is 0. The Labute approximate surface area is 151 Å². The minimum Gasteiger partial charge on any atom is -0.493 e. The number of fused-ring (bicyclic) bond motifs is 1. The maximum atomic E-state index is 12.5. The smallest absolute Gasteiger partial charge is 0.224 e. The molecule has 1 atom stereocenters. The lowest BCUT2D eigenvalue weighted by atomic mass is 9.90. The molecule has 0 fully saturated rings. The predicted molar refractivity (Wildman–Crippen MR) is 98.1 cm³/mol. The fourth-order valence-corrected chi connectivity index (χ4v) is 3.26. The first-order valence-electron chi connectivity index (χ1n) is 8.71. The zero-order valence-electron chi connectivity index (χ0n) is 14.3. The zero-order valence-corrected chi connectivity index (χ0v) is 14.3. The van der Waals surface area contributed by atoms with E-state index in [0.29, 0.717) is 19.6 Å². The molecule has 0 spiro atoms. The maximum absolute atomic E-state index is 12.5. The SMILES string of the molecule is O=C(C[C@H]1CCOc2ccccc21)Nc1ccc(Cn2cncn2)cc1. The number of ether oxygens (including phenoxy) is 1. The van der Waals surface area contributed by atoms with Crippen molar-refractivity contribution in [1.29, 1.82) is 0 Å². The molecule has 4 rings (SSSR count). The number of nitrogens with one attached hydrogen (secondary N) is 1. The second kappa shape index (κ2) is 7.39. The fourth-order valence-electron chi connectivity index (χ4n) is 3.26. The quantitative estimate of drug-likeness (QED) is 0.769. The van der Waals surface area contributed by atoms with Crippen molar-refractivity contribution in [3.05, 3.63) is 72.3 Å². The number of nitrogens with zero attached hydrogens (tertiary/aromatic N) is 3. The van der Waals surface area contributed by atoms with E-state index in [2.05, 4.69) is 15.4 Å². The Kier molecular flexibility index (Phi) is 4.64. The monoisotopic (exact) mass is 348 g/mol. The van der Waals surface area contributed by atoms with Crippen LogP contribution in [0.15, 0.2) is 61.2 Å². The molecule has 1 N–H and O–H groups in total. The second-order valence-electron chi connectivity index (χ2n) is 6.41. The van der Waals surface area contributed by atoms with Crippen LogP contribution in [0.5, 0.6) is 5.75 Å². The molecule has 132 valence electrons. The van der Waals surface area contributed by atoms with Crippen LogP contribution in [-0.2, 0) is 11.3 Å². The van der Waals surface area contributed by atoms with Crippen LogP contribution in [0, 0.1) is 0 Å². The van der Waals surface area contributed by atoms with E-state index >= 15 is 0 Å². The average Bonchev–Trinajstić information content (AvgIpc) is 3.17. The normalized spacial score (nSPS) is 15.8. The second-order valence-corrected chi connectivity index (χ2v) is 6.41. The molecule has 26 heavy (non-hydrogen) atoms. The number of amides is 1. The van der Waals surface area contributed by atoms with Gasteiger partial charge in [-0.05, 0) is 41.7 Å². The molecular formula is C20H20N4O2. The van der Waals surface area contributed by atoms with Gasteiger partial charge in [0.1, 0.15) is 18.4 Å². The van der Waals surface area contributed by atoms with Gasteiger partial charge in [-0.25, -0.2) is 9.67 Å². The number of para-hydroxylation sites is 1. The lowest BCUT2D eigenvalue weighted by molar-refractivity contribution is -0.116. The van der Waals surface area contributed by atoms with Gasteiger partial charge < -0.3 is 10.1 Å². The summed E-state index contributed by atoms with van der Waals surface area (Å²) in [5.74, 6) is 1.12.